The van der Waals surface area contributed by atoms with Crippen LogP contribution in [0.25, 0.3) is 0 Å². The van der Waals surface area contributed by atoms with Gasteiger partial charge in [0.05, 0.1) is 6.54 Å². The molecule has 1 fully saturated rings. The van der Waals surface area contributed by atoms with Crippen molar-refractivity contribution in [2.45, 2.75) is 49.5 Å². The van der Waals surface area contributed by atoms with E-state index < -0.39 is 10.8 Å². The molecule has 11 heteroatoms. The molecule has 1 aliphatic rings. The van der Waals surface area contributed by atoms with E-state index in [1.54, 1.807) is 47.6 Å². The highest BCUT2D eigenvalue weighted by Gasteiger charge is 2.20. The molecule has 0 radical (unpaired) electrons. The number of H-pyrrole nitrogens is 1. The third-order valence-corrected chi connectivity index (χ3v) is 7.99. The first kappa shape index (κ1) is 27.2. The summed E-state index contributed by atoms with van der Waals surface area (Å²) >= 11 is 0. The Morgan fingerprint density at radius 3 is 2.40 bits per heavy atom. The molecule has 1 unspecified atom stereocenters. The van der Waals surface area contributed by atoms with Crippen LogP contribution >= 0.6 is 0 Å². The van der Waals surface area contributed by atoms with Gasteiger partial charge in [0.25, 0.3) is 11.9 Å². The lowest BCUT2D eigenvalue weighted by atomic mass is 9.84. The van der Waals surface area contributed by atoms with E-state index in [1.165, 1.54) is 37.7 Å². The van der Waals surface area contributed by atoms with Gasteiger partial charge in [-0.2, -0.15) is 5.21 Å². The van der Waals surface area contributed by atoms with Gasteiger partial charge in [0, 0.05) is 38.9 Å². The van der Waals surface area contributed by atoms with Crippen molar-refractivity contribution in [3.63, 3.8) is 0 Å². The van der Waals surface area contributed by atoms with E-state index in [9.17, 15) is 13.8 Å². The van der Waals surface area contributed by atoms with E-state index in [4.69, 9.17) is 0 Å². The molecule has 3 N–H and O–H groups in total. The number of amides is 3. The Labute approximate surface area is 235 Å². The van der Waals surface area contributed by atoms with Gasteiger partial charge in [-0.05, 0) is 77.6 Å². The van der Waals surface area contributed by atoms with Crippen LogP contribution in [0.15, 0.2) is 77.7 Å². The predicted octanol–water partition coefficient (Wildman–Crippen LogP) is 5.48. The lowest BCUT2D eigenvalue weighted by Crippen LogP contribution is -2.34. The predicted molar refractivity (Wildman–Crippen MR) is 155 cm³/mol. The molecule has 0 aliphatic heterocycles. The number of benzene rings is 3. The lowest BCUT2D eigenvalue weighted by Gasteiger charge is -2.26. The van der Waals surface area contributed by atoms with Gasteiger partial charge in [0.15, 0.2) is 0 Å². The second-order valence-corrected chi connectivity index (χ2v) is 11.2. The van der Waals surface area contributed by atoms with Crippen LogP contribution in [-0.2, 0) is 17.3 Å². The molecule has 1 aliphatic carbocycles. The fraction of sp³-hybridized carbons (Fsp3) is 0.276. The van der Waals surface area contributed by atoms with Gasteiger partial charge in [-0.15, -0.1) is 5.10 Å². The Kier molecular flexibility index (Phi) is 8.60. The average molecular weight is 558 g/mol. The Bertz CT molecular complexity index is 1470. The Hall–Kier alpha value is -4.38. The van der Waals surface area contributed by atoms with Crippen LogP contribution in [0.3, 0.4) is 0 Å². The van der Waals surface area contributed by atoms with Crippen LogP contribution < -0.4 is 15.5 Å². The molecular weight excluding hydrogens is 526 g/mol. The third-order valence-electron chi connectivity index (χ3n) is 7.07. The summed E-state index contributed by atoms with van der Waals surface area (Å²) in [5.74, 6) is 0.285. The molecule has 5 rings (SSSR count). The van der Waals surface area contributed by atoms with E-state index in [0.29, 0.717) is 22.1 Å². The van der Waals surface area contributed by atoms with Crippen LogP contribution in [-0.4, -0.2) is 43.0 Å². The molecule has 40 heavy (non-hydrogen) atoms. The molecule has 3 amide bonds. The number of carbonyl (C=O) groups is 2. The largest absolute Gasteiger partial charge is 0.326 e. The molecule has 1 aromatic heterocycles. The summed E-state index contributed by atoms with van der Waals surface area (Å²) in [5.41, 5.74) is 3.89. The van der Waals surface area contributed by atoms with Gasteiger partial charge in [-0.1, -0.05) is 54.7 Å². The van der Waals surface area contributed by atoms with E-state index in [-0.39, 0.29) is 24.4 Å². The zero-order valence-electron chi connectivity index (χ0n) is 22.2. The fourth-order valence-corrected chi connectivity index (χ4v) is 5.48. The molecular formula is C29H31N7O3S. The fourth-order valence-electron chi connectivity index (χ4n) is 4.92. The molecule has 1 saturated carbocycles. The molecule has 206 valence electrons. The second kappa shape index (κ2) is 12.6. The third kappa shape index (κ3) is 6.78. The first-order valence-corrected chi connectivity index (χ1v) is 14.8. The van der Waals surface area contributed by atoms with Crippen molar-refractivity contribution in [1.29, 1.82) is 0 Å². The minimum absolute atomic E-state index is 0.0876. The Morgan fingerprint density at radius 2 is 1.73 bits per heavy atom. The monoisotopic (exact) mass is 557 g/mol. The lowest BCUT2D eigenvalue weighted by molar-refractivity contribution is 0.102. The molecule has 0 bridgehead atoms. The summed E-state index contributed by atoms with van der Waals surface area (Å²) in [6.45, 7) is 0.279. The summed E-state index contributed by atoms with van der Waals surface area (Å²) in [6.07, 6.45) is 7.81. The highest BCUT2D eigenvalue weighted by Crippen LogP contribution is 2.33. The molecule has 1 atom stereocenters. The average Bonchev–Trinajstić information content (AvgIpc) is 3.50. The molecule has 10 nitrogen and oxygen atoms in total. The standard InChI is InChI=1S/C29H31N7O3S/c1-40(39)26-9-5-8-24(18-26)30-29(38)36(25-16-14-22(15-17-25)21-6-3-2-4-7-21)19-20-10-12-23(13-11-20)27(37)31-28-32-34-35-33-28/h5,8-18,21H,2-4,6-7,19H2,1H3,(H,30,38)(H2,31,32,33,34,35,37). The summed E-state index contributed by atoms with van der Waals surface area (Å²) in [5, 5.41) is 18.7. The van der Waals surface area contributed by atoms with Crippen molar-refractivity contribution < 1.29 is 13.8 Å². The van der Waals surface area contributed by atoms with Crippen molar-refractivity contribution in [3.8, 4) is 0 Å². The Balaban J connectivity index is 1.36. The number of urea groups is 1. The number of hydrogen-bond acceptors (Lipinski definition) is 6. The second-order valence-electron chi connectivity index (χ2n) is 9.81. The molecule has 3 aromatic carbocycles. The number of nitrogens with zero attached hydrogens (tertiary/aromatic N) is 4. The SMILES string of the molecule is CS(=O)c1cccc(NC(=O)N(Cc2ccc(C(=O)Nc3nn[nH]n3)cc2)c2ccc(C3CCCCC3)cc2)c1. The normalized spacial score (nSPS) is 14.3. The topological polar surface area (TPSA) is 133 Å². The number of tetrazole rings is 1. The summed E-state index contributed by atoms with van der Waals surface area (Å²) in [4.78, 5) is 28.4. The van der Waals surface area contributed by atoms with Gasteiger partial charge in [0.1, 0.15) is 0 Å². The number of anilines is 3. The zero-order chi connectivity index (χ0) is 27.9. The van der Waals surface area contributed by atoms with E-state index in [1.807, 2.05) is 24.3 Å². The maximum atomic E-state index is 13.6. The van der Waals surface area contributed by atoms with Gasteiger partial charge < -0.3 is 5.32 Å². The van der Waals surface area contributed by atoms with E-state index in [0.717, 1.165) is 11.3 Å². The summed E-state index contributed by atoms with van der Waals surface area (Å²) < 4.78 is 12.0. The van der Waals surface area contributed by atoms with Crippen molar-refractivity contribution in [2.24, 2.45) is 0 Å². The van der Waals surface area contributed by atoms with Crippen LogP contribution in [0.1, 0.15) is 59.5 Å². The first-order chi connectivity index (χ1) is 19.5. The number of aromatic amines is 1. The van der Waals surface area contributed by atoms with Crippen molar-refractivity contribution in [3.05, 3.63) is 89.5 Å². The minimum atomic E-state index is -1.17. The van der Waals surface area contributed by atoms with Gasteiger partial charge >= 0.3 is 6.03 Å². The molecule has 1 heterocycles. The number of aromatic nitrogens is 4. The van der Waals surface area contributed by atoms with E-state index >= 15 is 0 Å². The van der Waals surface area contributed by atoms with Crippen molar-refractivity contribution in [2.75, 3.05) is 21.8 Å². The number of nitrogens with one attached hydrogen (secondary N) is 3. The highest BCUT2D eigenvalue weighted by atomic mass is 32.2. The number of hydrogen-bond donors (Lipinski definition) is 3. The maximum absolute atomic E-state index is 13.6. The summed E-state index contributed by atoms with van der Waals surface area (Å²) in [6, 6.07) is 21.9. The quantitative estimate of drug-likeness (QED) is 0.263. The highest BCUT2D eigenvalue weighted by molar-refractivity contribution is 7.84. The van der Waals surface area contributed by atoms with Crippen LogP contribution in [0.2, 0.25) is 0 Å². The molecule has 4 aromatic rings. The number of rotatable bonds is 8. The molecule has 0 saturated heterocycles. The zero-order valence-corrected chi connectivity index (χ0v) is 23.0. The Morgan fingerprint density at radius 1 is 0.975 bits per heavy atom. The van der Waals surface area contributed by atoms with Crippen molar-refractivity contribution in [1.82, 2.24) is 20.6 Å². The van der Waals surface area contributed by atoms with Crippen LogP contribution in [0.4, 0.5) is 22.1 Å². The van der Waals surface area contributed by atoms with Crippen LogP contribution in [0, 0.1) is 0 Å². The van der Waals surface area contributed by atoms with Crippen molar-refractivity contribution >= 4 is 40.1 Å². The van der Waals surface area contributed by atoms with Gasteiger partial charge in [-0.3, -0.25) is 19.2 Å². The first-order valence-electron chi connectivity index (χ1n) is 13.2. The maximum Gasteiger partial charge on any atom is 0.326 e. The van der Waals surface area contributed by atoms with Gasteiger partial charge in [-0.25, -0.2) is 4.79 Å². The molecule has 0 spiro atoms. The minimum Gasteiger partial charge on any atom is -0.307 e. The number of carbonyl (C=O) groups excluding carboxylic acids is 2. The summed E-state index contributed by atoms with van der Waals surface area (Å²) in [7, 11) is -1.17. The smallest absolute Gasteiger partial charge is 0.307 e. The van der Waals surface area contributed by atoms with E-state index in [2.05, 4.69) is 43.4 Å². The van der Waals surface area contributed by atoms with Gasteiger partial charge in [0.2, 0.25) is 0 Å². The van der Waals surface area contributed by atoms with Crippen LogP contribution in [0.5, 0.6) is 0 Å².